The number of likely N-dealkylation sites (tertiary alicyclic amines) is 1. The molecule has 0 aromatic carbocycles. The Balaban J connectivity index is 2.29. The van der Waals surface area contributed by atoms with Gasteiger partial charge in [0.2, 0.25) is 6.08 Å². The molecule has 1 unspecified atom stereocenters. The second-order valence-electron chi connectivity index (χ2n) is 3.66. The Labute approximate surface area is 85.5 Å². The van der Waals surface area contributed by atoms with Gasteiger partial charge in [-0.3, -0.25) is 0 Å². The Morgan fingerprint density at radius 1 is 1.64 bits per heavy atom. The van der Waals surface area contributed by atoms with E-state index in [2.05, 4.69) is 22.9 Å². The topological polar surface area (TPSA) is 32.7 Å². The number of nitrogens with zero attached hydrogens (tertiary/aromatic N) is 2. The Hall–Kier alpha value is -0.920. The van der Waals surface area contributed by atoms with Gasteiger partial charge in [0.1, 0.15) is 0 Å². The predicted octanol–water partition coefficient (Wildman–Crippen LogP) is 1.61. The summed E-state index contributed by atoms with van der Waals surface area (Å²) in [6.07, 6.45) is 8.23. The summed E-state index contributed by atoms with van der Waals surface area (Å²) in [5.74, 6) is 0.644. The van der Waals surface area contributed by atoms with Crippen LogP contribution in [0.1, 0.15) is 19.8 Å². The molecule has 0 aliphatic carbocycles. The van der Waals surface area contributed by atoms with Gasteiger partial charge in [0.15, 0.2) is 0 Å². The third kappa shape index (κ3) is 3.86. The molecular formula is C11H18N2O. The molecule has 3 nitrogen and oxygen atoms in total. The highest BCUT2D eigenvalue weighted by atomic mass is 16.1. The molecule has 0 radical (unpaired) electrons. The van der Waals surface area contributed by atoms with E-state index in [4.69, 9.17) is 0 Å². The highest BCUT2D eigenvalue weighted by Gasteiger charge is 2.15. The Morgan fingerprint density at radius 3 is 3.21 bits per heavy atom. The first-order chi connectivity index (χ1) is 6.86. The van der Waals surface area contributed by atoms with Crippen LogP contribution in [0, 0.1) is 5.92 Å². The molecule has 3 heteroatoms. The fourth-order valence-electron chi connectivity index (χ4n) is 1.88. The van der Waals surface area contributed by atoms with Gasteiger partial charge in [0.05, 0.1) is 6.54 Å². The summed E-state index contributed by atoms with van der Waals surface area (Å²) in [6.45, 7) is 6.19. The number of carbonyl (C=O) groups excluding carboxylic acids is 1. The molecule has 14 heavy (non-hydrogen) atoms. The van der Waals surface area contributed by atoms with Crippen molar-refractivity contribution < 1.29 is 4.79 Å². The van der Waals surface area contributed by atoms with E-state index in [9.17, 15) is 4.79 Å². The third-order valence-corrected chi connectivity index (χ3v) is 2.66. The lowest BCUT2D eigenvalue weighted by Gasteiger charge is -2.30. The van der Waals surface area contributed by atoms with Crippen LogP contribution >= 0.6 is 0 Å². The first-order valence-electron chi connectivity index (χ1n) is 5.29. The summed E-state index contributed by atoms with van der Waals surface area (Å²) in [5, 5.41) is 0. The van der Waals surface area contributed by atoms with Gasteiger partial charge in [-0.2, -0.15) is 0 Å². The van der Waals surface area contributed by atoms with Gasteiger partial charge in [-0.15, -0.1) is 0 Å². The van der Waals surface area contributed by atoms with Crippen LogP contribution in [-0.2, 0) is 4.79 Å². The zero-order chi connectivity index (χ0) is 10.2. The lowest BCUT2D eigenvalue weighted by Crippen LogP contribution is -2.34. The van der Waals surface area contributed by atoms with Crippen LogP contribution in [0.3, 0.4) is 0 Å². The largest absolute Gasteiger partial charge is 0.303 e. The average Bonchev–Trinajstić information content (AvgIpc) is 2.25. The van der Waals surface area contributed by atoms with Gasteiger partial charge in [0.25, 0.3) is 0 Å². The molecule has 1 fully saturated rings. The van der Waals surface area contributed by atoms with Crippen LogP contribution in [0.5, 0.6) is 0 Å². The highest BCUT2D eigenvalue weighted by Crippen LogP contribution is 2.16. The minimum Gasteiger partial charge on any atom is -0.303 e. The normalized spacial score (nSPS) is 23.6. The summed E-state index contributed by atoms with van der Waals surface area (Å²) in [7, 11) is 0. The summed E-state index contributed by atoms with van der Waals surface area (Å²) in [6, 6.07) is 0. The van der Waals surface area contributed by atoms with Crippen molar-refractivity contribution in [3.63, 3.8) is 0 Å². The number of rotatable bonds is 4. The number of hydrogen-bond donors (Lipinski definition) is 0. The van der Waals surface area contributed by atoms with Crippen molar-refractivity contribution in [1.82, 2.24) is 4.90 Å². The molecule has 78 valence electrons. The van der Waals surface area contributed by atoms with Crippen molar-refractivity contribution in [3.8, 4) is 0 Å². The van der Waals surface area contributed by atoms with Crippen molar-refractivity contribution in [2.45, 2.75) is 19.8 Å². The summed E-state index contributed by atoms with van der Waals surface area (Å²) >= 11 is 0. The van der Waals surface area contributed by atoms with Crippen LogP contribution in [0.4, 0.5) is 0 Å². The van der Waals surface area contributed by atoms with Crippen molar-refractivity contribution >= 4 is 6.08 Å². The summed E-state index contributed by atoms with van der Waals surface area (Å²) < 4.78 is 0. The maximum Gasteiger partial charge on any atom is 0.235 e. The number of aliphatic imine (C=N–C) groups is 1. The first kappa shape index (κ1) is 11.2. The minimum absolute atomic E-state index is 0.478. The van der Waals surface area contributed by atoms with Gasteiger partial charge < -0.3 is 4.90 Å². The molecule has 0 amide bonds. The molecule has 0 spiro atoms. The number of isocyanates is 1. The quantitative estimate of drug-likeness (QED) is 0.387. The lowest BCUT2D eigenvalue weighted by atomic mass is 9.98. The van der Waals surface area contributed by atoms with Crippen LogP contribution in [0.2, 0.25) is 0 Å². The van der Waals surface area contributed by atoms with E-state index in [-0.39, 0.29) is 0 Å². The maximum absolute atomic E-state index is 9.82. The van der Waals surface area contributed by atoms with Gasteiger partial charge in [-0.1, -0.05) is 19.1 Å². The fraction of sp³-hybridized carbons (Fsp3) is 0.727. The van der Waals surface area contributed by atoms with E-state index < -0.39 is 0 Å². The molecule has 0 saturated carbocycles. The van der Waals surface area contributed by atoms with Crippen molar-refractivity contribution in [2.24, 2.45) is 10.9 Å². The smallest absolute Gasteiger partial charge is 0.235 e. The van der Waals surface area contributed by atoms with Gasteiger partial charge >= 0.3 is 0 Å². The second-order valence-corrected chi connectivity index (χ2v) is 3.66. The van der Waals surface area contributed by atoms with Crippen LogP contribution < -0.4 is 0 Å². The van der Waals surface area contributed by atoms with Gasteiger partial charge in [-0.05, 0) is 31.8 Å². The average molecular weight is 194 g/mol. The molecule has 0 aromatic rings. The monoisotopic (exact) mass is 194 g/mol. The molecular weight excluding hydrogens is 176 g/mol. The van der Waals surface area contributed by atoms with Gasteiger partial charge in [-0.25, -0.2) is 9.79 Å². The van der Waals surface area contributed by atoms with Crippen molar-refractivity contribution in [2.75, 3.05) is 26.2 Å². The molecule has 1 rings (SSSR count). The zero-order valence-corrected chi connectivity index (χ0v) is 8.78. The zero-order valence-electron chi connectivity index (χ0n) is 8.78. The molecule has 0 aromatic heterocycles. The summed E-state index contributed by atoms with van der Waals surface area (Å²) in [5.41, 5.74) is 0. The molecule has 0 bridgehead atoms. The van der Waals surface area contributed by atoms with E-state index >= 15 is 0 Å². The second kappa shape index (κ2) is 6.52. The lowest BCUT2D eigenvalue weighted by molar-refractivity contribution is 0.206. The molecule has 1 aliphatic rings. The Kier molecular flexibility index (Phi) is 5.20. The number of hydrogen-bond acceptors (Lipinski definition) is 3. The summed E-state index contributed by atoms with van der Waals surface area (Å²) in [4.78, 5) is 15.8. The highest BCUT2D eigenvalue weighted by molar-refractivity contribution is 5.33. The molecule has 1 atom stereocenters. The third-order valence-electron chi connectivity index (χ3n) is 2.66. The van der Waals surface area contributed by atoms with E-state index in [0.29, 0.717) is 12.5 Å². The Bertz CT molecular complexity index is 231. The van der Waals surface area contributed by atoms with E-state index in [1.54, 1.807) is 0 Å². The molecule has 1 heterocycles. The number of piperidine rings is 1. The van der Waals surface area contributed by atoms with E-state index in [1.165, 1.54) is 25.5 Å². The van der Waals surface area contributed by atoms with Crippen molar-refractivity contribution in [3.05, 3.63) is 12.2 Å². The van der Waals surface area contributed by atoms with Crippen LogP contribution in [-0.4, -0.2) is 37.2 Å². The molecule has 1 saturated heterocycles. The SMILES string of the molecule is CCN1CCCC(/C=C\CN=C=O)C1. The van der Waals surface area contributed by atoms with Gasteiger partial charge in [0, 0.05) is 6.54 Å². The van der Waals surface area contributed by atoms with Crippen LogP contribution in [0.25, 0.3) is 0 Å². The van der Waals surface area contributed by atoms with E-state index in [0.717, 1.165) is 13.1 Å². The van der Waals surface area contributed by atoms with Crippen LogP contribution in [0.15, 0.2) is 17.1 Å². The molecule has 1 aliphatic heterocycles. The minimum atomic E-state index is 0.478. The Morgan fingerprint density at radius 2 is 2.50 bits per heavy atom. The maximum atomic E-state index is 9.82. The molecule has 0 N–H and O–H groups in total. The standard InChI is InChI=1S/C11H18N2O/c1-2-13-8-4-6-11(9-13)5-3-7-12-10-14/h3,5,11H,2,4,6-9H2,1H3/b5-3-. The van der Waals surface area contributed by atoms with Crippen molar-refractivity contribution in [1.29, 1.82) is 0 Å². The fourth-order valence-corrected chi connectivity index (χ4v) is 1.88. The predicted molar refractivity (Wildman–Crippen MR) is 57.0 cm³/mol. The van der Waals surface area contributed by atoms with E-state index in [1.807, 2.05) is 6.08 Å². The first-order valence-corrected chi connectivity index (χ1v) is 5.29.